The Morgan fingerprint density at radius 2 is 1.53 bits per heavy atom. The predicted octanol–water partition coefficient (Wildman–Crippen LogP) is 1.58. The van der Waals surface area contributed by atoms with Crippen molar-refractivity contribution in [3.05, 3.63) is 35.4 Å². The number of hydrogen-bond acceptors (Lipinski definition) is 3. The minimum Gasteiger partial charge on any atom is -0.354 e. The summed E-state index contributed by atoms with van der Waals surface area (Å²) >= 11 is 0. The molecule has 0 bridgehead atoms. The van der Waals surface area contributed by atoms with Gasteiger partial charge in [0.05, 0.1) is 6.04 Å². The molecule has 0 radical (unpaired) electrons. The summed E-state index contributed by atoms with van der Waals surface area (Å²) in [5.74, 6) is -1.35. The highest BCUT2D eigenvalue weighted by molar-refractivity contribution is 5.21. The number of benzene rings is 1. The maximum Gasteiger partial charge on any atom is 0.176 e. The van der Waals surface area contributed by atoms with Gasteiger partial charge in [-0.3, -0.25) is 0 Å². The van der Waals surface area contributed by atoms with E-state index in [1.807, 2.05) is 0 Å². The molecule has 15 heavy (non-hydrogen) atoms. The summed E-state index contributed by atoms with van der Waals surface area (Å²) in [6, 6.07) is 2.35. The molecule has 1 aromatic carbocycles. The van der Waals surface area contributed by atoms with Gasteiger partial charge in [0.25, 0.3) is 0 Å². The smallest absolute Gasteiger partial charge is 0.176 e. The zero-order valence-corrected chi connectivity index (χ0v) is 8.54. The maximum absolute atomic E-state index is 12.9. The molecule has 0 aliphatic heterocycles. The van der Waals surface area contributed by atoms with Crippen LogP contribution in [0.15, 0.2) is 18.2 Å². The first-order chi connectivity index (χ1) is 7.08. The third-order valence-corrected chi connectivity index (χ3v) is 2.03. The fourth-order valence-corrected chi connectivity index (χ4v) is 1.31. The first-order valence-electron chi connectivity index (χ1n) is 4.35. The SMILES string of the molecule is COC(OC)C(N)c1cc(F)cc(F)c1. The van der Waals surface area contributed by atoms with Crippen LogP contribution in [0.2, 0.25) is 0 Å². The first-order valence-corrected chi connectivity index (χ1v) is 4.35. The summed E-state index contributed by atoms with van der Waals surface area (Å²) in [7, 11) is 2.81. The molecule has 0 saturated carbocycles. The number of ether oxygens (including phenoxy) is 2. The lowest BCUT2D eigenvalue weighted by Crippen LogP contribution is -2.29. The molecule has 0 aromatic heterocycles. The molecule has 5 heteroatoms. The lowest BCUT2D eigenvalue weighted by Gasteiger charge is -2.21. The van der Waals surface area contributed by atoms with Gasteiger partial charge in [-0.15, -0.1) is 0 Å². The molecule has 0 amide bonds. The number of hydrogen-bond donors (Lipinski definition) is 1. The van der Waals surface area contributed by atoms with E-state index in [9.17, 15) is 8.78 Å². The number of rotatable bonds is 4. The Morgan fingerprint density at radius 3 is 1.93 bits per heavy atom. The summed E-state index contributed by atoms with van der Waals surface area (Å²) < 4.78 is 35.6. The molecule has 1 aromatic rings. The lowest BCUT2D eigenvalue weighted by atomic mass is 10.1. The average molecular weight is 217 g/mol. The Balaban J connectivity index is 2.94. The highest BCUT2D eigenvalue weighted by Gasteiger charge is 2.19. The van der Waals surface area contributed by atoms with Crippen LogP contribution >= 0.6 is 0 Å². The highest BCUT2D eigenvalue weighted by Crippen LogP contribution is 2.19. The second kappa shape index (κ2) is 5.16. The Bertz CT molecular complexity index is 309. The molecule has 0 aliphatic rings. The zero-order chi connectivity index (χ0) is 11.4. The van der Waals surface area contributed by atoms with Crippen molar-refractivity contribution in [2.75, 3.05) is 14.2 Å². The van der Waals surface area contributed by atoms with Crippen LogP contribution in [0, 0.1) is 11.6 Å². The third kappa shape index (κ3) is 2.95. The second-order valence-electron chi connectivity index (χ2n) is 3.07. The quantitative estimate of drug-likeness (QED) is 0.779. The van der Waals surface area contributed by atoms with E-state index in [1.54, 1.807) is 0 Å². The van der Waals surface area contributed by atoms with Gasteiger partial charge in [-0.1, -0.05) is 0 Å². The largest absolute Gasteiger partial charge is 0.354 e. The van der Waals surface area contributed by atoms with Crippen molar-refractivity contribution in [1.29, 1.82) is 0 Å². The molecule has 1 atom stereocenters. The van der Waals surface area contributed by atoms with Crippen LogP contribution in [0.3, 0.4) is 0 Å². The van der Waals surface area contributed by atoms with Crippen LogP contribution in [0.4, 0.5) is 8.78 Å². The summed E-state index contributed by atoms with van der Waals surface area (Å²) in [4.78, 5) is 0. The minimum atomic E-state index is -0.731. The van der Waals surface area contributed by atoms with Crippen molar-refractivity contribution in [2.24, 2.45) is 5.73 Å². The van der Waals surface area contributed by atoms with E-state index in [1.165, 1.54) is 14.2 Å². The minimum absolute atomic E-state index is 0.293. The predicted molar refractivity (Wildman–Crippen MR) is 51.1 cm³/mol. The van der Waals surface area contributed by atoms with Gasteiger partial charge in [0.2, 0.25) is 0 Å². The Labute approximate surface area is 86.8 Å². The molecular formula is C10H13F2NO2. The summed E-state index contributed by atoms with van der Waals surface area (Å²) in [6.07, 6.45) is -0.730. The van der Waals surface area contributed by atoms with Crippen molar-refractivity contribution in [3.63, 3.8) is 0 Å². The standard InChI is InChI=1S/C10H13F2NO2/c1-14-10(15-2)9(13)6-3-7(11)5-8(12)4-6/h3-5,9-10H,13H2,1-2H3. The lowest BCUT2D eigenvalue weighted by molar-refractivity contribution is -0.117. The molecule has 84 valence electrons. The van der Waals surface area contributed by atoms with Crippen LogP contribution in [0.1, 0.15) is 11.6 Å². The third-order valence-electron chi connectivity index (χ3n) is 2.03. The van der Waals surface area contributed by atoms with Gasteiger partial charge in [0.1, 0.15) is 11.6 Å². The van der Waals surface area contributed by atoms with Gasteiger partial charge < -0.3 is 15.2 Å². The van der Waals surface area contributed by atoms with Crippen LogP contribution < -0.4 is 5.73 Å². The van der Waals surface area contributed by atoms with E-state index < -0.39 is 24.0 Å². The van der Waals surface area contributed by atoms with Gasteiger partial charge in [0, 0.05) is 20.3 Å². The number of methoxy groups -OCH3 is 2. The molecule has 2 N–H and O–H groups in total. The second-order valence-corrected chi connectivity index (χ2v) is 3.07. The van der Waals surface area contributed by atoms with Crippen LogP contribution in [0.25, 0.3) is 0 Å². The van der Waals surface area contributed by atoms with E-state index in [4.69, 9.17) is 15.2 Å². The Hall–Kier alpha value is -1.04. The van der Waals surface area contributed by atoms with Gasteiger partial charge in [-0.25, -0.2) is 8.78 Å². The molecule has 0 heterocycles. The molecule has 0 aliphatic carbocycles. The van der Waals surface area contributed by atoms with Gasteiger partial charge in [-0.2, -0.15) is 0 Å². The van der Waals surface area contributed by atoms with Crippen molar-refractivity contribution in [3.8, 4) is 0 Å². The summed E-state index contributed by atoms with van der Waals surface area (Å²) in [5.41, 5.74) is 6.01. The zero-order valence-electron chi connectivity index (χ0n) is 8.54. The van der Waals surface area contributed by atoms with Crippen LogP contribution in [-0.4, -0.2) is 20.5 Å². The Kier molecular flexibility index (Phi) is 4.14. The van der Waals surface area contributed by atoms with E-state index in [-0.39, 0.29) is 0 Å². The molecular weight excluding hydrogens is 204 g/mol. The van der Waals surface area contributed by atoms with Gasteiger partial charge in [0.15, 0.2) is 6.29 Å². The molecule has 0 saturated heterocycles. The first kappa shape index (κ1) is 12.0. The fraction of sp³-hybridized carbons (Fsp3) is 0.400. The average Bonchev–Trinajstić information content (AvgIpc) is 2.18. The van der Waals surface area contributed by atoms with Gasteiger partial charge >= 0.3 is 0 Å². The van der Waals surface area contributed by atoms with E-state index >= 15 is 0 Å². The number of halogens is 2. The maximum atomic E-state index is 12.9. The summed E-state index contributed by atoms with van der Waals surface area (Å²) in [5, 5.41) is 0. The van der Waals surface area contributed by atoms with Crippen molar-refractivity contribution >= 4 is 0 Å². The van der Waals surface area contributed by atoms with E-state index in [0.29, 0.717) is 5.56 Å². The topological polar surface area (TPSA) is 44.5 Å². The van der Waals surface area contributed by atoms with Gasteiger partial charge in [-0.05, 0) is 17.7 Å². The van der Waals surface area contributed by atoms with E-state index in [0.717, 1.165) is 18.2 Å². The highest BCUT2D eigenvalue weighted by atomic mass is 19.1. The van der Waals surface area contributed by atoms with Crippen molar-refractivity contribution in [2.45, 2.75) is 12.3 Å². The molecule has 1 rings (SSSR count). The Morgan fingerprint density at radius 1 is 1.07 bits per heavy atom. The van der Waals surface area contributed by atoms with E-state index in [2.05, 4.69) is 0 Å². The normalized spacial score (nSPS) is 13.2. The molecule has 0 fully saturated rings. The molecule has 3 nitrogen and oxygen atoms in total. The number of nitrogens with two attached hydrogens (primary N) is 1. The fourth-order valence-electron chi connectivity index (χ4n) is 1.31. The van der Waals surface area contributed by atoms with Crippen LogP contribution in [0.5, 0.6) is 0 Å². The molecule has 0 spiro atoms. The summed E-state index contributed by atoms with van der Waals surface area (Å²) in [6.45, 7) is 0. The van der Waals surface area contributed by atoms with Crippen LogP contribution in [-0.2, 0) is 9.47 Å². The van der Waals surface area contributed by atoms with Crippen molar-refractivity contribution < 1.29 is 18.3 Å². The monoisotopic (exact) mass is 217 g/mol. The van der Waals surface area contributed by atoms with Crippen molar-refractivity contribution in [1.82, 2.24) is 0 Å². The molecule has 1 unspecified atom stereocenters.